The Balaban J connectivity index is 1.14. The summed E-state index contributed by atoms with van der Waals surface area (Å²) in [7, 11) is 4.20. The number of benzene rings is 3. The van der Waals surface area contributed by atoms with Crippen LogP contribution in [0, 0.1) is 23.1 Å². The van der Waals surface area contributed by atoms with Crippen LogP contribution in [0.1, 0.15) is 61.6 Å². The van der Waals surface area contributed by atoms with Gasteiger partial charge in [-0.25, -0.2) is 4.39 Å². The molecule has 248 valence electrons. The Morgan fingerprint density at radius 2 is 1.66 bits per heavy atom. The Bertz CT molecular complexity index is 1570. The van der Waals surface area contributed by atoms with Crippen molar-refractivity contribution in [2.24, 2.45) is 5.92 Å². The number of aldehydes is 1. The molecule has 7 nitrogen and oxygen atoms in total. The number of hydrogen-bond donors (Lipinski definition) is 1. The molecule has 5 rings (SSSR count). The predicted octanol–water partition coefficient (Wildman–Crippen LogP) is 6.94. The summed E-state index contributed by atoms with van der Waals surface area (Å²) >= 11 is 0. The first-order valence-corrected chi connectivity index (χ1v) is 17.0. The lowest BCUT2D eigenvalue weighted by atomic mass is 9.87. The molecule has 2 N–H and O–H groups in total. The van der Waals surface area contributed by atoms with Crippen molar-refractivity contribution in [3.05, 3.63) is 88.7 Å². The van der Waals surface area contributed by atoms with Gasteiger partial charge < -0.3 is 25.3 Å². The summed E-state index contributed by atoms with van der Waals surface area (Å²) in [5.74, 6) is 0.979. The fourth-order valence-electron chi connectivity index (χ4n) is 6.98. The molecule has 47 heavy (non-hydrogen) atoms. The van der Waals surface area contributed by atoms with E-state index in [1.807, 2.05) is 43.3 Å². The number of nitrogens with zero attached hydrogens (tertiary/aromatic N) is 5. The molecule has 0 unspecified atom stereocenters. The van der Waals surface area contributed by atoms with Gasteiger partial charge in [0.2, 0.25) is 0 Å². The molecule has 3 aromatic carbocycles. The van der Waals surface area contributed by atoms with Gasteiger partial charge in [0.25, 0.3) is 0 Å². The first-order chi connectivity index (χ1) is 22.7. The molecule has 8 heteroatoms. The van der Waals surface area contributed by atoms with Crippen LogP contribution in [-0.4, -0.2) is 71.1 Å². The quantitative estimate of drug-likeness (QED) is 0.131. The normalized spacial score (nSPS) is 16.6. The highest BCUT2D eigenvalue weighted by molar-refractivity contribution is 5.83. The smallest absolute Gasteiger partial charge is 0.148 e. The molecular weight excluding hydrogens is 587 g/mol. The number of allylic oxidation sites excluding steroid dienone is 1. The van der Waals surface area contributed by atoms with Crippen LogP contribution in [0.15, 0.2) is 66.2 Å². The van der Waals surface area contributed by atoms with Crippen LogP contribution in [-0.2, 0) is 4.79 Å². The number of halogens is 1. The van der Waals surface area contributed by atoms with Crippen molar-refractivity contribution in [1.29, 1.82) is 5.26 Å². The van der Waals surface area contributed by atoms with E-state index >= 15 is 0 Å². The van der Waals surface area contributed by atoms with E-state index < -0.39 is 0 Å². The SMILES string of the molecule is C/C(C=O)=C/c1ccc(C2CCN(CCC3CCN(c4ccc(N)cc4F)CC3)CC2)cc1N(C)CCN(C)c1ccc(C#N)cc1. The van der Waals surface area contributed by atoms with Crippen LogP contribution < -0.4 is 20.4 Å². The number of carbonyl (C=O) groups is 1. The van der Waals surface area contributed by atoms with Gasteiger partial charge in [-0.1, -0.05) is 12.1 Å². The minimum absolute atomic E-state index is 0.223. The van der Waals surface area contributed by atoms with E-state index in [1.54, 1.807) is 6.07 Å². The Hall–Kier alpha value is -4.35. The molecule has 0 aromatic heterocycles. The minimum Gasteiger partial charge on any atom is -0.399 e. The lowest BCUT2D eigenvalue weighted by Gasteiger charge is -2.36. The van der Waals surface area contributed by atoms with Gasteiger partial charge in [-0.2, -0.15) is 5.26 Å². The highest BCUT2D eigenvalue weighted by atomic mass is 19.1. The Morgan fingerprint density at radius 3 is 2.32 bits per heavy atom. The molecule has 2 heterocycles. The number of carbonyl (C=O) groups excluding carboxylic acids is 1. The molecule has 0 amide bonds. The summed E-state index contributed by atoms with van der Waals surface area (Å²) in [6.07, 6.45) is 8.57. The van der Waals surface area contributed by atoms with Gasteiger partial charge in [-0.3, -0.25) is 4.79 Å². The number of hydrogen-bond acceptors (Lipinski definition) is 7. The Kier molecular flexibility index (Phi) is 11.6. The van der Waals surface area contributed by atoms with E-state index in [4.69, 9.17) is 11.0 Å². The van der Waals surface area contributed by atoms with E-state index in [9.17, 15) is 9.18 Å². The van der Waals surface area contributed by atoms with Gasteiger partial charge in [-0.15, -0.1) is 0 Å². The van der Waals surface area contributed by atoms with Crippen molar-refractivity contribution in [2.45, 2.75) is 44.9 Å². The van der Waals surface area contributed by atoms with E-state index in [0.717, 1.165) is 94.7 Å². The van der Waals surface area contributed by atoms with Gasteiger partial charge in [0.15, 0.2) is 0 Å². The molecular formula is C39H49FN6O. The minimum atomic E-state index is -0.223. The first kappa shape index (κ1) is 34.0. The van der Waals surface area contributed by atoms with Crippen LogP contribution in [0.3, 0.4) is 0 Å². The predicted molar refractivity (Wildman–Crippen MR) is 193 cm³/mol. The van der Waals surface area contributed by atoms with E-state index in [-0.39, 0.29) is 5.82 Å². The molecule has 2 saturated heterocycles. The number of rotatable bonds is 12. The fourth-order valence-corrected chi connectivity index (χ4v) is 6.98. The Labute approximate surface area is 280 Å². The lowest BCUT2D eigenvalue weighted by Crippen LogP contribution is -2.37. The van der Waals surface area contributed by atoms with Gasteiger partial charge in [0, 0.05) is 57.3 Å². The monoisotopic (exact) mass is 636 g/mol. The summed E-state index contributed by atoms with van der Waals surface area (Å²) in [4.78, 5) is 20.7. The maximum atomic E-state index is 14.4. The summed E-state index contributed by atoms with van der Waals surface area (Å²) < 4.78 is 14.4. The number of likely N-dealkylation sites (N-methyl/N-ethyl adjacent to an activating group) is 2. The van der Waals surface area contributed by atoms with Crippen molar-refractivity contribution in [3.63, 3.8) is 0 Å². The van der Waals surface area contributed by atoms with E-state index in [0.29, 0.717) is 34.3 Å². The van der Waals surface area contributed by atoms with Gasteiger partial charge >= 0.3 is 0 Å². The summed E-state index contributed by atoms with van der Waals surface area (Å²) in [5.41, 5.74) is 12.9. The summed E-state index contributed by atoms with van der Waals surface area (Å²) in [6, 6.07) is 21.6. The van der Waals surface area contributed by atoms with Gasteiger partial charge in [-0.05, 0) is 142 Å². The molecule has 0 spiro atoms. The van der Waals surface area contributed by atoms with Crippen LogP contribution >= 0.6 is 0 Å². The molecule has 2 aliphatic rings. The fraction of sp³-hybridized carbons (Fsp3) is 0.436. The highest BCUT2D eigenvalue weighted by Gasteiger charge is 2.25. The van der Waals surface area contributed by atoms with Crippen LogP contribution in [0.5, 0.6) is 0 Å². The standard InChI is InChI=1S/C39H49FN6O/c1-29(28-47)24-34-7-6-33(25-39(34)44(3)23-22-43(2)36-9-4-31(27-41)5-10-36)32-15-18-45(19-16-32)17-12-30-13-20-46(21-14-30)38-11-8-35(42)26-37(38)40/h4-11,24-26,28,30,32H,12-23,42H2,1-3H3/b29-24-. The topological polar surface area (TPSA) is 79.8 Å². The molecule has 3 aromatic rings. The second-order valence-electron chi connectivity index (χ2n) is 13.4. The van der Waals surface area contributed by atoms with Crippen molar-refractivity contribution in [3.8, 4) is 6.07 Å². The number of nitrogens with two attached hydrogens (primary N) is 1. The number of anilines is 4. The average molecular weight is 637 g/mol. The van der Waals surface area contributed by atoms with Crippen molar-refractivity contribution in [1.82, 2.24) is 4.90 Å². The van der Waals surface area contributed by atoms with E-state index in [1.165, 1.54) is 18.1 Å². The third-order valence-electron chi connectivity index (χ3n) is 10.1. The third-order valence-corrected chi connectivity index (χ3v) is 10.1. The number of likely N-dealkylation sites (tertiary alicyclic amines) is 1. The van der Waals surface area contributed by atoms with Gasteiger partial charge in [0.05, 0.1) is 17.3 Å². The number of nitrogen functional groups attached to an aromatic ring is 1. The zero-order valence-electron chi connectivity index (χ0n) is 28.2. The van der Waals surface area contributed by atoms with Crippen molar-refractivity contribution in [2.75, 3.05) is 80.3 Å². The maximum Gasteiger partial charge on any atom is 0.148 e. The Morgan fingerprint density at radius 1 is 0.957 bits per heavy atom. The summed E-state index contributed by atoms with van der Waals surface area (Å²) in [6.45, 7) is 8.61. The largest absolute Gasteiger partial charge is 0.399 e. The molecule has 0 saturated carbocycles. The van der Waals surface area contributed by atoms with Gasteiger partial charge in [0.1, 0.15) is 12.1 Å². The van der Waals surface area contributed by atoms with Crippen LogP contribution in [0.4, 0.5) is 27.1 Å². The number of nitriles is 1. The molecule has 0 aliphatic carbocycles. The van der Waals surface area contributed by atoms with E-state index in [2.05, 4.69) is 58.0 Å². The highest BCUT2D eigenvalue weighted by Crippen LogP contribution is 2.34. The van der Waals surface area contributed by atoms with Crippen LogP contribution in [0.25, 0.3) is 6.08 Å². The molecule has 2 aliphatic heterocycles. The second-order valence-corrected chi connectivity index (χ2v) is 13.4. The molecule has 0 atom stereocenters. The van der Waals surface area contributed by atoms with Crippen molar-refractivity contribution < 1.29 is 9.18 Å². The first-order valence-electron chi connectivity index (χ1n) is 17.0. The second kappa shape index (κ2) is 16.0. The molecule has 2 fully saturated rings. The zero-order valence-corrected chi connectivity index (χ0v) is 28.2. The summed E-state index contributed by atoms with van der Waals surface area (Å²) in [5, 5.41) is 9.12. The lowest BCUT2D eigenvalue weighted by molar-refractivity contribution is -0.104. The molecule has 0 radical (unpaired) electrons. The maximum absolute atomic E-state index is 14.4. The molecule has 0 bridgehead atoms. The van der Waals surface area contributed by atoms with Crippen molar-refractivity contribution >= 4 is 35.1 Å². The third kappa shape index (κ3) is 8.93. The number of piperidine rings is 2. The zero-order chi connectivity index (χ0) is 33.3. The average Bonchev–Trinajstić information content (AvgIpc) is 3.10. The van der Waals surface area contributed by atoms with Crippen LogP contribution in [0.2, 0.25) is 0 Å².